The zero-order valence-electron chi connectivity index (χ0n) is 16.2. The van der Waals surface area contributed by atoms with Crippen molar-refractivity contribution >= 4 is 22.9 Å². The van der Waals surface area contributed by atoms with E-state index in [1.807, 2.05) is 25.1 Å². The van der Waals surface area contributed by atoms with Gasteiger partial charge < -0.3 is 4.74 Å². The van der Waals surface area contributed by atoms with Crippen LogP contribution in [0.1, 0.15) is 12.5 Å². The van der Waals surface area contributed by atoms with E-state index >= 15 is 0 Å². The Balaban J connectivity index is 1.76. The third kappa shape index (κ3) is 3.66. The molecule has 0 aliphatic heterocycles. The summed E-state index contributed by atoms with van der Waals surface area (Å²) in [6, 6.07) is 12.6. The van der Waals surface area contributed by atoms with Crippen LogP contribution in [0.3, 0.4) is 0 Å². The SMILES string of the molecule is CCOc1cccc(-c2scc(-c3nc(-c4c(F)cccc4Cl)nn3C)c2C)c1. The highest BCUT2D eigenvalue weighted by atomic mass is 35.5. The topological polar surface area (TPSA) is 39.9 Å². The predicted octanol–water partition coefficient (Wildman–Crippen LogP) is 6.38. The standard InChI is InChI=1S/C22H19ClFN3OS/c1-4-28-15-8-5-7-14(11-15)20-13(2)16(12-29-20)22-25-21(26-27(22)3)19-17(23)9-6-10-18(19)24/h5-12H,4H2,1-3H3. The molecule has 4 nitrogen and oxygen atoms in total. The summed E-state index contributed by atoms with van der Waals surface area (Å²) in [5.41, 5.74) is 3.35. The van der Waals surface area contributed by atoms with Gasteiger partial charge in [0.1, 0.15) is 11.6 Å². The molecule has 2 aromatic heterocycles. The van der Waals surface area contributed by atoms with E-state index in [1.165, 1.54) is 6.07 Å². The second-order valence-corrected chi connectivity index (χ2v) is 7.83. The van der Waals surface area contributed by atoms with Gasteiger partial charge in [-0.25, -0.2) is 14.1 Å². The largest absolute Gasteiger partial charge is 0.494 e. The normalized spacial score (nSPS) is 11.1. The van der Waals surface area contributed by atoms with Crippen LogP contribution in [0.5, 0.6) is 5.75 Å². The molecule has 0 aliphatic carbocycles. The molecule has 0 atom stereocenters. The van der Waals surface area contributed by atoms with Crippen molar-refractivity contribution in [3.05, 3.63) is 64.2 Å². The van der Waals surface area contributed by atoms with Gasteiger partial charge in [-0.15, -0.1) is 11.3 Å². The van der Waals surface area contributed by atoms with Crippen LogP contribution in [-0.2, 0) is 7.05 Å². The van der Waals surface area contributed by atoms with Crippen molar-refractivity contribution in [1.29, 1.82) is 0 Å². The summed E-state index contributed by atoms with van der Waals surface area (Å²) in [4.78, 5) is 5.73. The Bertz CT molecular complexity index is 1160. The molecule has 0 aliphatic rings. The third-order valence-corrected chi connectivity index (χ3v) is 6.08. The summed E-state index contributed by atoms with van der Waals surface area (Å²) in [5, 5.41) is 6.75. The third-order valence-electron chi connectivity index (χ3n) is 4.64. The number of benzene rings is 2. The lowest BCUT2D eigenvalue weighted by Gasteiger charge is -2.06. The van der Waals surface area contributed by atoms with Gasteiger partial charge >= 0.3 is 0 Å². The van der Waals surface area contributed by atoms with Crippen LogP contribution in [0.4, 0.5) is 4.39 Å². The number of thiophene rings is 1. The van der Waals surface area contributed by atoms with Gasteiger partial charge in [-0.3, -0.25) is 0 Å². The first-order valence-corrected chi connectivity index (χ1v) is 10.4. The summed E-state index contributed by atoms with van der Waals surface area (Å²) in [5.74, 6) is 1.34. The van der Waals surface area contributed by atoms with Gasteiger partial charge in [-0.05, 0) is 49.2 Å². The van der Waals surface area contributed by atoms with Crippen molar-refractivity contribution in [2.24, 2.45) is 7.05 Å². The summed E-state index contributed by atoms with van der Waals surface area (Å²) in [6.07, 6.45) is 0. The maximum absolute atomic E-state index is 14.3. The number of halogens is 2. The number of hydrogen-bond donors (Lipinski definition) is 0. The molecule has 4 rings (SSSR count). The van der Waals surface area contributed by atoms with E-state index in [4.69, 9.17) is 16.3 Å². The predicted molar refractivity (Wildman–Crippen MR) is 116 cm³/mol. The summed E-state index contributed by atoms with van der Waals surface area (Å²) in [6.45, 7) is 4.64. The van der Waals surface area contributed by atoms with Crippen molar-refractivity contribution < 1.29 is 9.13 Å². The van der Waals surface area contributed by atoms with Crippen molar-refractivity contribution in [3.8, 4) is 39.0 Å². The van der Waals surface area contributed by atoms with Gasteiger partial charge in [0.25, 0.3) is 0 Å². The van der Waals surface area contributed by atoms with Gasteiger partial charge in [0.2, 0.25) is 0 Å². The first kappa shape index (κ1) is 19.6. The second kappa shape index (κ2) is 7.97. The molecule has 0 saturated carbocycles. The molecular formula is C22H19ClFN3OS. The van der Waals surface area contributed by atoms with Crippen molar-refractivity contribution in [1.82, 2.24) is 14.8 Å². The Morgan fingerprint density at radius 2 is 2.00 bits per heavy atom. The molecule has 148 valence electrons. The highest BCUT2D eigenvalue weighted by molar-refractivity contribution is 7.14. The van der Waals surface area contributed by atoms with Crippen molar-refractivity contribution in [2.75, 3.05) is 6.61 Å². The first-order chi connectivity index (χ1) is 14.0. The molecule has 29 heavy (non-hydrogen) atoms. The molecule has 2 heterocycles. The Kier molecular flexibility index (Phi) is 5.39. The summed E-state index contributed by atoms with van der Waals surface area (Å²) in [7, 11) is 1.80. The van der Waals surface area contributed by atoms with E-state index in [0.717, 1.165) is 27.3 Å². The zero-order chi connectivity index (χ0) is 20.5. The molecule has 7 heteroatoms. The van der Waals surface area contributed by atoms with Crippen LogP contribution < -0.4 is 4.74 Å². The molecule has 0 amide bonds. The molecule has 0 bridgehead atoms. The van der Waals surface area contributed by atoms with E-state index in [9.17, 15) is 4.39 Å². The molecule has 0 spiro atoms. The quantitative estimate of drug-likeness (QED) is 0.371. The molecule has 0 saturated heterocycles. The van der Waals surface area contributed by atoms with Crippen LogP contribution in [0.25, 0.3) is 33.2 Å². The minimum atomic E-state index is -0.440. The molecule has 0 unspecified atom stereocenters. The zero-order valence-corrected chi connectivity index (χ0v) is 17.8. The number of aromatic nitrogens is 3. The minimum absolute atomic E-state index is 0.216. The van der Waals surface area contributed by atoms with Gasteiger partial charge in [0.15, 0.2) is 11.6 Å². The van der Waals surface area contributed by atoms with E-state index in [1.54, 1.807) is 35.2 Å². The van der Waals surface area contributed by atoms with E-state index < -0.39 is 5.82 Å². The smallest absolute Gasteiger partial charge is 0.186 e. The molecule has 0 fully saturated rings. The molecule has 0 radical (unpaired) electrons. The number of nitrogens with zero attached hydrogens (tertiary/aromatic N) is 3. The van der Waals surface area contributed by atoms with Gasteiger partial charge in [-0.1, -0.05) is 29.8 Å². The summed E-state index contributed by atoms with van der Waals surface area (Å²) >= 11 is 7.82. The highest BCUT2D eigenvalue weighted by Gasteiger charge is 2.20. The lowest BCUT2D eigenvalue weighted by atomic mass is 10.1. The Hall–Kier alpha value is -2.70. The van der Waals surface area contributed by atoms with Crippen LogP contribution in [0.2, 0.25) is 5.02 Å². The van der Waals surface area contributed by atoms with E-state index in [-0.39, 0.29) is 16.4 Å². The van der Waals surface area contributed by atoms with Crippen LogP contribution in [0.15, 0.2) is 47.8 Å². The van der Waals surface area contributed by atoms with Gasteiger partial charge in [0.05, 0.1) is 17.2 Å². The Morgan fingerprint density at radius 1 is 1.21 bits per heavy atom. The number of hydrogen-bond acceptors (Lipinski definition) is 4. The molecular weight excluding hydrogens is 409 g/mol. The average Bonchev–Trinajstić information content (AvgIpc) is 3.24. The Labute approximate surface area is 177 Å². The fourth-order valence-corrected chi connectivity index (χ4v) is 4.57. The average molecular weight is 428 g/mol. The van der Waals surface area contributed by atoms with Gasteiger partial charge in [-0.2, -0.15) is 5.10 Å². The van der Waals surface area contributed by atoms with Crippen molar-refractivity contribution in [2.45, 2.75) is 13.8 Å². The van der Waals surface area contributed by atoms with Crippen LogP contribution >= 0.6 is 22.9 Å². The van der Waals surface area contributed by atoms with Crippen molar-refractivity contribution in [3.63, 3.8) is 0 Å². The van der Waals surface area contributed by atoms with Crippen LogP contribution in [-0.4, -0.2) is 21.4 Å². The maximum Gasteiger partial charge on any atom is 0.186 e. The maximum atomic E-state index is 14.3. The minimum Gasteiger partial charge on any atom is -0.494 e. The second-order valence-electron chi connectivity index (χ2n) is 6.54. The molecule has 0 N–H and O–H groups in total. The Morgan fingerprint density at radius 3 is 2.76 bits per heavy atom. The highest BCUT2D eigenvalue weighted by Crippen LogP contribution is 2.39. The lowest BCUT2D eigenvalue weighted by molar-refractivity contribution is 0.340. The first-order valence-electron chi connectivity index (χ1n) is 9.16. The fourth-order valence-electron chi connectivity index (χ4n) is 3.25. The molecule has 4 aromatic rings. The van der Waals surface area contributed by atoms with E-state index in [2.05, 4.69) is 28.5 Å². The van der Waals surface area contributed by atoms with E-state index in [0.29, 0.717) is 12.4 Å². The number of aryl methyl sites for hydroxylation is 1. The molecule has 2 aromatic carbocycles. The summed E-state index contributed by atoms with van der Waals surface area (Å²) < 4.78 is 21.6. The number of ether oxygens (including phenoxy) is 1. The van der Waals surface area contributed by atoms with Crippen LogP contribution in [0, 0.1) is 12.7 Å². The number of rotatable bonds is 5. The lowest BCUT2D eigenvalue weighted by Crippen LogP contribution is -1.95. The monoisotopic (exact) mass is 427 g/mol. The fraction of sp³-hybridized carbons (Fsp3) is 0.182. The van der Waals surface area contributed by atoms with Gasteiger partial charge in [0, 0.05) is 22.9 Å².